The summed E-state index contributed by atoms with van der Waals surface area (Å²) in [5.74, 6) is -0.301. The van der Waals surface area contributed by atoms with Crippen molar-refractivity contribution in [3.63, 3.8) is 0 Å². The lowest BCUT2D eigenvalue weighted by molar-refractivity contribution is 0.0911. The van der Waals surface area contributed by atoms with Gasteiger partial charge in [-0.1, -0.05) is 25.4 Å². The molecule has 1 heterocycles. The number of carbonyl (C=O) groups is 1. The van der Waals surface area contributed by atoms with Crippen molar-refractivity contribution in [3.8, 4) is 0 Å². The number of aromatic nitrogens is 1. The summed E-state index contributed by atoms with van der Waals surface area (Å²) in [5.41, 5.74) is -0.0449. The number of nitrogens with zero attached hydrogens (tertiary/aromatic N) is 1. The number of amides is 1. The van der Waals surface area contributed by atoms with Crippen LogP contribution in [0.3, 0.4) is 0 Å². The number of carbonyl (C=O) groups excluding carboxylic acids is 1. The molecule has 0 saturated carbocycles. The summed E-state index contributed by atoms with van der Waals surface area (Å²) < 4.78 is 0.688. The fourth-order valence-electron chi connectivity index (χ4n) is 1.05. The Bertz CT molecular complexity index is 424. The van der Waals surface area contributed by atoms with Crippen LogP contribution in [0.1, 0.15) is 24.2 Å². The van der Waals surface area contributed by atoms with Crippen LogP contribution in [0.5, 0.6) is 0 Å². The van der Waals surface area contributed by atoms with E-state index >= 15 is 0 Å². The van der Waals surface area contributed by atoms with Crippen molar-refractivity contribution in [1.82, 2.24) is 10.3 Å². The highest BCUT2D eigenvalue weighted by molar-refractivity contribution is 9.10. The van der Waals surface area contributed by atoms with Gasteiger partial charge in [0.1, 0.15) is 5.15 Å². The van der Waals surface area contributed by atoms with E-state index < -0.39 is 0 Å². The van der Waals surface area contributed by atoms with E-state index in [1.165, 1.54) is 6.20 Å². The van der Waals surface area contributed by atoms with Crippen LogP contribution in [0, 0.1) is 5.41 Å². The topological polar surface area (TPSA) is 62.2 Å². The molecule has 1 aromatic heterocycles. The van der Waals surface area contributed by atoms with Crippen LogP contribution in [0.4, 0.5) is 0 Å². The van der Waals surface area contributed by atoms with Crippen LogP contribution < -0.4 is 5.32 Å². The number of halogens is 2. The Balaban J connectivity index is 2.74. The fourth-order valence-corrected chi connectivity index (χ4v) is 1.57. The highest BCUT2D eigenvalue weighted by atomic mass is 79.9. The molecule has 4 nitrogen and oxygen atoms in total. The van der Waals surface area contributed by atoms with Crippen molar-refractivity contribution in [3.05, 3.63) is 27.5 Å². The Morgan fingerprint density at radius 3 is 2.88 bits per heavy atom. The Morgan fingerprint density at radius 1 is 1.65 bits per heavy atom. The van der Waals surface area contributed by atoms with Gasteiger partial charge < -0.3 is 10.4 Å². The number of hydrogen-bond acceptors (Lipinski definition) is 3. The summed E-state index contributed by atoms with van der Waals surface area (Å²) in [6.07, 6.45) is 1.52. The van der Waals surface area contributed by atoms with Crippen LogP contribution in [-0.2, 0) is 0 Å². The first-order valence-electron chi connectivity index (χ1n) is 5.06. The molecule has 94 valence electrons. The average molecular weight is 322 g/mol. The van der Waals surface area contributed by atoms with E-state index in [-0.39, 0.29) is 23.1 Å². The molecule has 0 aliphatic carbocycles. The molecule has 0 saturated heterocycles. The van der Waals surface area contributed by atoms with Crippen LogP contribution in [-0.4, -0.2) is 29.1 Å². The SMILES string of the molecule is CC(C)(CO)CNC(=O)c1cc(Br)cnc1Cl. The Morgan fingerprint density at radius 2 is 2.29 bits per heavy atom. The molecule has 0 radical (unpaired) electrons. The zero-order valence-corrected chi connectivity index (χ0v) is 12.0. The van der Waals surface area contributed by atoms with E-state index in [0.717, 1.165) is 0 Å². The maximum atomic E-state index is 11.8. The van der Waals surface area contributed by atoms with Crippen LogP contribution in [0.15, 0.2) is 16.7 Å². The predicted octanol–water partition coefficient (Wildman–Crippen LogP) is 2.25. The van der Waals surface area contributed by atoms with Crippen molar-refractivity contribution in [2.24, 2.45) is 5.41 Å². The Kier molecular flexibility index (Phi) is 4.91. The standard InChI is InChI=1S/C11H14BrClN2O2/c1-11(2,6-16)5-15-10(17)8-3-7(12)4-14-9(8)13/h3-4,16H,5-6H2,1-2H3,(H,15,17). The second-order valence-corrected chi connectivity index (χ2v) is 5.77. The normalized spacial score (nSPS) is 11.4. The minimum atomic E-state index is -0.360. The summed E-state index contributed by atoms with van der Waals surface area (Å²) in [4.78, 5) is 15.7. The molecule has 6 heteroatoms. The summed E-state index contributed by atoms with van der Waals surface area (Å²) >= 11 is 9.06. The van der Waals surface area contributed by atoms with Gasteiger partial charge in [-0.15, -0.1) is 0 Å². The fraction of sp³-hybridized carbons (Fsp3) is 0.455. The molecule has 1 rings (SSSR count). The van der Waals surface area contributed by atoms with E-state index in [0.29, 0.717) is 16.6 Å². The number of pyridine rings is 1. The van der Waals surface area contributed by atoms with E-state index in [9.17, 15) is 4.79 Å². The van der Waals surface area contributed by atoms with E-state index in [1.54, 1.807) is 6.07 Å². The maximum Gasteiger partial charge on any atom is 0.254 e. The molecule has 2 N–H and O–H groups in total. The second kappa shape index (κ2) is 5.80. The number of hydrogen-bond donors (Lipinski definition) is 2. The lowest BCUT2D eigenvalue weighted by Gasteiger charge is -2.21. The molecule has 1 aromatic rings. The smallest absolute Gasteiger partial charge is 0.254 e. The van der Waals surface area contributed by atoms with Crippen molar-refractivity contribution in [2.75, 3.05) is 13.2 Å². The maximum absolute atomic E-state index is 11.8. The predicted molar refractivity (Wildman–Crippen MR) is 70.1 cm³/mol. The third-order valence-corrected chi connectivity index (χ3v) is 2.94. The third kappa shape index (κ3) is 4.26. The molecule has 0 fully saturated rings. The summed E-state index contributed by atoms with van der Waals surface area (Å²) in [7, 11) is 0. The van der Waals surface area contributed by atoms with E-state index in [2.05, 4.69) is 26.2 Å². The molecule has 0 aromatic carbocycles. The van der Waals surface area contributed by atoms with Gasteiger partial charge in [0.25, 0.3) is 5.91 Å². The number of nitrogens with one attached hydrogen (secondary N) is 1. The highest BCUT2D eigenvalue weighted by Crippen LogP contribution is 2.18. The number of rotatable bonds is 4. The quantitative estimate of drug-likeness (QED) is 0.836. The molecule has 1 amide bonds. The molecular weight excluding hydrogens is 307 g/mol. The first-order valence-corrected chi connectivity index (χ1v) is 6.23. The van der Waals surface area contributed by atoms with Gasteiger partial charge in [-0.05, 0) is 22.0 Å². The second-order valence-electron chi connectivity index (χ2n) is 4.50. The van der Waals surface area contributed by atoms with E-state index in [4.69, 9.17) is 16.7 Å². The van der Waals surface area contributed by atoms with Gasteiger partial charge in [-0.25, -0.2) is 4.98 Å². The molecule has 17 heavy (non-hydrogen) atoms. The van der Waals surface area contributed by atoms with Crippen LogP contribution in [0.25, 0.3) is 0 Å². The highest BCUT2D eigenvalue weighted by Gasteiger charge is 2.19. The zero-order chi connectivity index (χ0) is 13.1. The van der Waals surface area contributed by atoms with Gasteiger partial charge in [0.2, 0.25) is 0 Å². The van der Waals surface area contributed by atoms with Gasteiger partial charge in [-0.3, -0.25) is 4.79 Å². The lowest BCUT2D eigenvalue weighted by atomic mass is 9.95. The Hall–Kier alpha value is -0.650. The average Bonchev–Trinajstić information content (AvgIpc) is 2.29. The largest absolute Gasteiger partial charge is 0.396 e. The number of aliphatic hydroxyl groups excluding tert-OH is 1. The minimum Gasteiger partial charge on any atom is -0.396 e. The van der Waals surface area contributed by atoms with Crippen molar-refractivity contribution >= 4 is 33.4 Å². The summed E-state index contributed by atoms with van der Waals surface area (Å²) in [6, 6.07) is 1.61. The third-order valence-electron chi connectivity index (χ3n) is 2.21. The monoisotopic (exact) mass is 320 g/mol. The van der Waals surface area contributed by atoms with Crippen LogP contribution in [0.2, 0.25) is 5.15 Å². The first kappa shape index (κ1) is 14.4. The van der Waals surface area contributed by atoms with Gasteiger partial charge in [0.15, 0.2) is 0 Å². The van der Waals surface area contributed by atoms with Crippen molar-refractivity contribution in [1.29, 1.82) is 0 Å². The first-order chi connectivity index (χ1) is 7.85. The molecular formula is C11H14BrClN2O2. The minimum absolute atomic E-state index is 0.00224. The van der Waals surface area contributed by atoms with Gasteiger partial charge in [0.05, 0.1) is 5.56 Å². The molecule has 0 aliphatic rings. The number of aliphatic hydroxyl groups is 1. The summed E-state index contributed by atoms with van der Waals surface area (Å²) in [6.45, 7) is 4.07. The molecule has 0 unspecified atom stereocenters. The zero-order valence-electron chi connectivity index (χ0n) is 9.63. The van der Waals surface area contributed by atoms with Gasteiger partial charge in [-0.2, -0.15) is 0 Å². The molecule has 0 bridgehead atoms. The van der Waals surface area contributed by atoms with E-state index in [1.807, 2.05) is 13.8 Å². The molecule has 0 atom stereocenters. The van der Waals surface area contributed by atoms with Gasteiger partial charge in [0, 0.05) is 29.2 Å². The van der Waals surface area contributed by atoms with Crippen molar-refractivity contribution in [2.45, 2.75) is 13.8 Å². The molecule has 0 aliphatic heterocycles. The van der Waals surface area contributed by atoms with Gasteiger partial charge >= 0.3 is 0 Å². The summed E-state index contributed by atoms with van der Waals surface area (Å²) in [5, 5.41) is 12.0. The van der Waals surface area contributed by atoms with Crippen LogP contribution >= 0.6 is 27.5 Å². The Labute approximate surface area is 114 Å². The lowest BCUT2D eigenvalue weighted by Crippen LogP contribution is -2.36. The van der Waals surface area contributed by atoms with Crippen molar-refractivity contribution < 1.29 is 9.90 Å². The molecule has 0 spiro atoms.